The Hall–Kier alpha value is -2.62. The number of anilines is 1. The third kappa shape index (κ3) is 2.20. The fourth-order valence-electron chi connectivity index (χ4n) is 1.89. The quantitative estimate of drug-likeness (QED) is 0.756. The third-order valence-corrected chi connectivity index (χ3v) is 2.83. The first-order valence-corrected chi connectivity index (χ1v) is 5.77. The monoisotopic (exact) mass is 255 g/mol. The number of fused-ring (bicyclic) bond motifs is 1. The second kappa shape index (κ2) is 4.57. The number of halogens is 1. The Morgan fingerprint density at radius 1 is 1.05 bits per heavy atom. The first kappa shape index (κ1) is 11.5. The molecule has 0 bridgehead atoms. The fourth-order valence-corrected chi connectivity index (χ4v) is 1.89. The van der Waals surface area contributed by atoms with E-state index >= 15 is 0 Å². The molecule has 0 saturated carbocycles. The minimum absolute atomic E-state index is 0.281. The number of furan rings is 1. The maximum atomic E-state index is 12.8. The zero-order valence-electron chi connectivity index (χ0n) is 9.89. The standard InChI is InChI=1S/C15H10FNO2/c16-10-5-7-11(8-6-10)17-15(18)13-9-19-14-4-2-1-3-12(13)14/h1-9H,(H,17,18). The number of carbonyl (C=O) groups is 1. The molecule has 1 N–H and O–H groups in total. The number of benzene rings is 2. The van der Waals surface area contributed by atoms with Gasteiger partial charge < -0.3 is 9.73 Å². The number of nitrogens with one attached hydrogen (secondary N) is 1. The lowest BCUT2D eigenvalue weighted by Crippen LogP contribution is -2.11. The molecule has 1 heterocycles. The molecule has 0 unspecified atom stereocenters. The summed E-state index contributed by atoms with van der Waals surface area (Å²) in [6.45, 7) is 0. The predicted molar refractivity (Wildman–Crippen MR) is 70.6 cm³/mol. The van der Waals surface area contributed by atoms with Gasteiger partial charge in [0.05, 0.1) is 5.56 Å². The van der Waals surface area contributed by atoms with Gasteiger partial charge in [0.15, 0.2) is 0 Å². The van der Waals surface area contributed by atoms with E-state index in [4.69, 9.17) is 4.42 Å². The van der Waals surface area contributed by atoms with Crippen LogP contribution in [0.25, 0.3) is 11.0 Å². The highest BCUT2D eigenvalue weighted by Gasteiger charge is 2.13. The number of para-hydroxylation sites is 1. The molecule has 1 aromatic heterocycles. The van der Waals surface area contributed by atoms with Crippen LogP contribution in [0.2, 0.25) is 0 Å². The van der Waals surface area contributed by atoms with Gasteiger partial charge in [-0.15, -0.1) is 0 Å². The SMILES string of the molecule is O=C(Nc1ccc(F)cc1)c1coc2ccccc12. The molecule has 0 aliphatic heterocycles. The fraction of sp³-hybridized carbons (Fsp3) is 0. The lowest BCUT2D eigenvalue weighted by Gasteiger charge is -2.03. The summed E-state index contributed by atoms with van der Waals surface area (Å²) in [4.78, 5) is 12.1. The van der Waals surface area contributed by atoms with Crippen molar-refractivity contribution in [2.45, 2.75) is 0 Å². The van der Waals surface area contributed by atoms with Gasteiger partial charge in [0.25, 0.3) is 5.91 Å². The highest BCUT2D eigenvalue weighted by molar-refractivity contribution is 6.12. The molecule has 0 atom stereocenters. The van der Waals surface area contributed by atoms with Gasteiger partial charge in [-0.2, -0.15) is 0 Å². The normalized spacial score (nSPS) is 10.6. The van der Waals surface area contributed by atoms with E-state index in [1.54, 1.807) is 6.07 Å². The van der Waals surface area contributed by atoms with Crippen LogP contribution < -0.4 is 5.32 Å². The van der Waals surface area contributed by atoms with Gasteiger partial charge in [0.2, 0.25) is 0 Å². The average Bonchev–Trinajstić information content (AvgIpc) is 2.85. The van der Waals surface area contributed by atoms with Gasteiger partial charge in [0.1, 0.15) is 17.7 Å². The van der Waals surface area contributed by atoms with Crippen molar-refractivity contribution in [1.82, 2.24) is 0 Å². The molecule has 3 rings (SSSR count). The molecular formula is C15H10FNO2. The van der Waals surface area contributed by atoms with Crippen molar-refractivity contribution in [3.63, 3.8) is 0 Å². The zero-order valence-corrected chi connectivity index (χ0v) is 9.89. The maximum Gasteiger partial charge on any atom is 0.259 e. The molecule has 19 heavy (non-hydrogen) atoms. The minimum Gasteiger partial charge on any atom is -0.463 e. The van der Waals surface area contributed by atoms with E-state index in [9.17, 15) is 9.18 Å². The number of amides is 1. The van der Waals surface area contributed by atoms with Crippen molar-refractivity contribution in [2.75, 3.05) is 5.32 Å². The summed E-state index contributed by atoms with van der Waals surface area (Å²) in [5, 5.41) is 3.45. The van der Waals surface area contributed by atoms with Crippen LogP contribution in [-0.2, 0) is 0 Å². The summed E-state index contributed by atoms with van der Waals surface area (Å²) in [6.07, 6.45) is 1.42. The first-order chi connectivity index (χ1) is 9.24. The number of rotatable bonds is 2. The van der Waals surface area contributed by atoms with E-state index in [1.165, 1.54) is 30.5 Å². The third-order valence-electron chi connectivity index (χ3n) is 2.83. The van der Waals surface area contributed by atoms with Gasteiger partial charge in [0, 0.05) is 11.1 Å². The van der Waals surface area contributed by atoms with Crippen molar-refractivity contribution >= 4 is 22.6 Å². The van der Waals surface area contributed by atoms with Crippen LogP contribution in [0.4, 0.5) is 10.1 Å². The molecule has 3 aromatic rings. The number of hydrogen-bond acceptors (Lipinski definition) is 2. The Labute approximate surface area is 108 Å². The van der Waals surface area contributed by atoms with E-state index < -0.39 is 0 Å². The summed E-state index contributed by atoms with van der Waals surface area (Å²) < 4.78 is 18.1. The Balaban J connectivity index is 1.90. The van der Waals surface area contributed by atoms with Crippen LogP contribution in [0, 0.1) is 5.82 Å². The van der Waals surface area contributed by atoms with Crippen molar-refractivity contribution in [2.24, 2.45) is 0 Å². The maximum absolute atomic E-state index is 12.8. The lowest BCUT2D eigenvalue weighted by atomic mass is 10.1. The van der Waals surface area contributed by atoms with Gasteiger partial charge in [-0.1, -0.05) is 18.2 Å². The summed E-state index contributed by atoms with van der Waals surface area (Å²) in [5.74, 6) is -0.622. The molecule has 2 aromatic carbocycles. The first-order valence-electron chi connectivity index (χ1n) is 5.77. The van der Waals surface area contributed by atoms with Gasteiger partial charge >= 0.3 is 0 Å². The van der Waals surface area contributed by atoms with E-state index in [-0.39, 0.29) is 11.7 Å². The molecule has 3 nitrogen and oxygen atoms in total. The highest BCUT2D eigenvalue weighted by Crippen LogP contribution is 2.21. The Bertz CT molecular complexity index is 731. The van der Waals surface area contributed by atoms with Crippen LogP contribution in [0.15, 0.2) is 59.2 Å². The van der Waals surface area contributed by atoms with E-state index in [0.717, 1.165) is 5.39 Å². The van der Waals surface area contributed by atoms with E-state index in [1.807, 2.05) is 18.2 Å². The van der Waals surface area contributed by atoms with Crippen molar-refractivity contribution < 1.29 is 13.6 Å². The number of carbonyl (C=O) groups excluding carboxylic acids is 1. The van der Waals surface area contributed by atoms with Gasteiger partial charge in [-0.05, 0) is 30.3 Å². The van der Waals surface area contributed by atoms with Crippen molar-refractivity contribution in [3.05, 3.63) is 66.2 Å². The van der Waals surface area contributed by atoms with Crippen LogP contribution in [0.3, 0.4) is 0 Å². The highest BCUT2D eigenvalue weighted by atomic mass is 19.1. The Morgan fingerprint density at radius 2 is 1.79 bits per heavy atom. The van der Waals surface area contributed by atoms with Crippen LogP contribution in [0.5, 0.6) is 0 Å². The van der Waals surface area contributed by atoms with E-state index in [2.05, 4.69) is 5.32 Å². The van der Waals surface area contributed by atoms with Crippen molar-refractivity contribution in [1.29, 1.82) is 0 Å². The molecule has 0 saturated heterocycles. The molecule has 1 amide bonds. The topological polar surface area (TPSA) is 42.2 Å². The second-order valence-corrected chi connectivity index (χ2v) is 4.11. The minimum atomic E-state index is -0.341. The van der Waals surface area contributed by atoms with Crippen LogP contribution >= 0.6 is 0 Å². The lowest BCUT2D eigenvalue weighted by molar-refractivity contribution is 0.102. The van der Waals surface area contributed by atoms with E-state index in [0.29, 0.717) is 16.8 Å². The average molecular weight is 255 g/mol. The Morgan fingerprint density at radius 3 is 2.58 bits per heavy atom. The molecule has 0 radical (unpaired) electrons. The predicted octanol–water partition coefficient (Wildman–Crippen LogP) is 3.82. The molecule has 4 heteroatoms. The molecule has 0 aliphatic carbocycles. The summed E-state index contributed by atoms with van der Waals surface area (Å²) in [5.41, 5.74) is 1.66. The summed E-state index contributed by atoms with van der Waals surface area (Å²) in [7, 11) is 0. The Kier molecular flexibility index (Phi) is 2.76. The largest absolute Gasteiger partial charge is 0.463 e. The van der Waals surface area contributed by atoms with Crippen LogP contribution in [0.1, 0.15) is 10.4 Å². The smallest absolute Gasteiger partial charge is 0.259 e. The zero-order chi connectivity index (χ0) is 13.2. The molecule has 0 fully saturated rings. The molecular weight excluding hydrogens is 245 g/mol. The molecule has 0 spiro atoms. The van der Waals surface area contributed by atoms with Gasteiger partial charge in [-0.25, -0.2) is 4.39 Å². The van der Waals surface area contributed by atoms with Gasteiger partial charge in [-0.3, -0.25) is 4.79 Å². The van der Waals surface area contributed by atoms with Crippen molar-refractivity contribution in [3.8, 4) is 0 Å². The number of hydrogen-bond donors (Lipinski definition) is 1. The molecule has 0 aliphatic rings. The second-order valence-electron chi connectivity index (χ2n) is 4.11. The van der Waals surface area contributed by atoms with Crippen LogP contribution in [-0.4, -0.2) is 5.91 Å². The molecule has 94 valence electrons. The summed E-state index contributed by atoms with van der Waals surface area (Å²) >= 11 is 0. The summed E-state index contributed by atoms with van der Waals surface area (Å²) in [6, 6.07) is 12.9.